The topological polar surface area (TPSA) is 150 Å². The van der Waals surface area contributed by atoms with Crippen LogP contribution in [0.5, 0.6) is 5.75 Å². The number of hydrogen-bond acceptors (Lipinski definition) is 8. The zero-order valence-corrected chi connectivity index (χ0v) is 32.3. The van der Waals surface area contributed by atoms with Crippen molar-refractivity contribution in [3.63, 3.8) is 0 Å². The summed E-state index contributed by atoms with van der Waals surface area (Å²) in [5.41, 5.74) is 3.25. The highest BCUT2D eigenvalue weighted by molar-refractivity contribution is 7.07. The molecular formula is C40H61N5O6S. The number of rotatable bonds is 20. The van der Waals surface area contributed by atoms with E-state index in [2.05, 4.69) is 27.9 Å². The van der Waals surface area contributed by atoms with E-state index in [0.29, 0.717) is 49.8 Å². The summed E-state index contributed by atoms with van der Waals surface area (Å²) in [7, 11) is 1.60. The quantitative estimate of drug-likeness (QED) is 0.137. The van der Waals surface area contributed by atoms with E-state index in [1.54, 1.807) is 12.6 Å². The Morgan fingerprint density at radius 2 is 1.67 bits per heavy atom. The number of carbonyl (C=O) groups is 4. The molecule has 1 aliphatic heterocycles. The molecule has 2 fully saturated rings. The molecule has 4 N–H and O–H groups in total. The summed E-state index contributed by atoms with van der Waals surface area (Å²) in [5, 5.41) is 22.5. The third-order valence-electron chi connectivity index (χ3n) is 10.6. The Kier molecular flexibility index (Phi) is 17.4. The highest BCUT2D eigenvalue weighted by Crippen LogP contribution is 2.29. The molecule has 2 aliphatic rings. The molecular weight excluding hydrogens is 679 g/mol. The molecule has 2 aromatic rings. The molecule has 1 saturated heterocycles. The van der Waals surface area contributed by atoms with Crippen LogP contribution < -0.4 is 20.7 Å². The van der Waals surface area contributed by atoms with Crippen LogP contribution in [0.15, 0.2) is 35.2 Å². The Morgan fingerprint density at radius 3 is 2.33 bits per heavy atom. The van der Waals surface area contributed by atoms with Gasteiger partial charge in [0.1, 0.15) is 11.8 Å². The van der Waals surface area contributed by atoms with E-state index in [1.807, 2.05) is 41.5 Å². The number of unbranched alkanes of at least 4 members (excludes halogenated alkanes) is 1. The predicted octanol–water partition coefficient (Wildman–Crippen LogP) is 5.20. The summed E-state index contributed by atoms with van der Waals surface area (Å²) >= 11 is 1.41. The van der Waals surface area contributed by atoms with Crippen LogP contribution in [0.3, 0.4) is 0 Å². The van der Waals surface area contributed by atoms with Crippen molar-refractivity contribution in [1.82, 2.24) is 25.8 Å². The van der Waals surface area contributed by atoms with E-state index < -0.39 is 35.9 Å². The van der Waals surface area contributed by atoms with Crippen LogP contribution in [0.25, 0.3) is 0 Å². The maximum atomic E-state index is 14.2. The number of hydrogen-bond donors (Lipinski definition) is 4. The van der Waals surface area contributed by atoms with Crippen molar-refractivity contribution in [1.29, 1.82) is 0 Å². The largest absolute Gasteiger partial charge is 0.497 e. The second-order valence-corrected chi connectivity index (χ2v) is 15.6. The fourth-order valence-corrected chi connectivity index (χ4v) is 7.98. The van der Waals surface area contributed by atoms with Crippen molar-refractivity contribution in [2.45, 2.75) is 128 Å². The summed E-state index contributed by atoms with van der Waals surface area (Å²) < 4.78 is 5.32. The molecule has 1 aliphatic carbocycles. The van der Waals surface area contributed by atoms with Gasteiger partial charge in [0, 0.05) is 43.8 Å². The van der Waals surface area contributed by atoms with E-state index in [0.717, 1.165) is 63.4 Å². The first kappa shape index (κ1) is 41.2. The van der Waals surface area contributed by atoms with Crippen LogP contribution in [-0.4, -0.2) is 83.6 Å². The standard InChI is InChI=1S/C40H61N5O6S/c1-4-5-18-41-38(48)28(2)21-36(46)34(23-29-12-8-6-9-13-29)43-40(50)35(25-32-26-52-27-42-32)44-39(49)31(22-30-14-16-33(51-3)17-15-30)24-37(47)45-19-10-7-11-20-45/h14-17,26-29,31,34-36,46H,4-13,18-25H2,1-3H3,(H,41,48)(H,43,50)(H,44,49)/t28-,31-,34+,35+,36+/m1/s1. The lowest BCUT2D eigenvalue weighted by Gasteiger charge is -2.32. The number of amides is 4. The van der Waals surface area contributed by atoms with Gasteiger partial charge < -0.3 is 30.7 Å². The highest BCUT2D eigenvalue weighted by Gasteiger charge is 2.34. The van der Waals surface area contributed by atoms with Crippen LogP contribution in [-0.2, 0) is 32.0 Å². The van der Waals surface area contributed by atoms with Crippen molar-refractivity contribution in [2.24, 2.45) is 17.8 Å². The minimum atomic E-state index is -0.978. The third kappa shape index (κ3) is 13.5. The summed E-state index contributed by atoms with van der Waals surface area (Å²) in [6.45, 7) is 5.85. The number of piperidine rings is 1. The van der Waals surface area contributed by atoms with Gasteiger partial charge in [-0.15, -0.1) is 11.3 Å². The molecule has 0 radical (unpaired) electrons. The molecule has 0 unspecified atom stereocenters. The van der Waals surface area contributed by atoms with Crippen LogP contribution in [0.1, 0.15) is 109 Å². The molecule has 0 bridgehead atoms. The van der Waals surface area contributed by atoms with E-state index in [9.17, 15) is 24.3 Å². The second kappa shape index (κ2) is 21.9. The van der Waals surface area contributed by atoms with Crippen LogP contribution in [0.4, 0.5) is 0 Å². The van der Waals surface area contributed by atoms with Gasteiger partial charge in [-0.2, -0.15) is 0 Å². The zero-order chi connectivity index (χ0) is 37.3. The van der Waals surface area contributed by atoms with Crippen molar-refractivity contribution >= 4 is 35.0 Å². The maximum Gasteiger partial charge on any atom is 0.243 e. The number of nitrogens with zero attached hydrogens (tertiary/aromatic N) is 2. The van der Waals surface area contributed by atoms with Gasteiger partial charge in [0.05, 0.1) is 36.4 Å². The van der Waals surface area contributed by atoms with Crippen LogP contribution in [0, 0.1) is 17.8 Å². The monoisotopic (exact) mass is 739 g/mol. The number of aliphatic hydroxyl groups excluding tert-OH is 1. The number of aliphatic hydroxyl groups is 1. The van der Waals surface area contributed by atoms with Gasteiger partial charge in [0.25, 0.3) is 0 Å². The predicted molar refractivity (Wildman–Crippen MR) is 204 cm³/mol. The molecule has 52 heavy (non-hydrogen) atoms. The number of nitrogens with one attached hydrogen (secondary N) is 3. The van der Waals surface area contributed by atoms with Crippen molar-refractivity contribution in [3.05, 3.63) is 46.4 Å². The zero-order valence-electron chi connectivity index (χ0n) is 31.4. The number of thiazole rings is 1. The van der Waals surface area contributed by atoms with E-state index in [4.69, 9.17) is 4.74 Å². The van der Waals surface area contributed by atoms with Crippen molar-refractivity contribution < 1.29 is 29.0 Å². The molecule has 0 spiro atoms. The molecule has 1 aromatic heterocycles. The summed E-state index contributed by atoms with van der Waals surface area (Å²) in [5.74, 6) is -1.04. The van der Waals surface area contributed by atoms with Crippen molar-refractivity contribution in [2.75, 3.05) is 26.7 Å². The van der Waals surface area contributed by atoms with Gasteiger partial charge in [-0.3, -0.25) is 19.2 Å². The molecule has 2 heterocycles. The van der Waals surface area contributed by atoms with Gasteiger partial charge in [-0.1, -0.05) is 64.5 Å². The first-order chi connectivity index (χ1) is 25.2. The number of ether oxygens (including phenoxy) is 1. The Labute approximate surface area is 314 Å². The molecule has 12 heteroatoms. The molecule has 1 aromatic carbocycles. The summed E-state index contributed by atoms with van der Waals surface area (Å²) in [4.78, 5) is 61.0. The lowest BCUT2D eigenvalue weighted by molar-refractivity contribution is -0.138. The molecule has 1 saturated carbocycles. The summed E-state index contributed by atoms with van der Waals surface area (Å²) in [6.07, 6.45) is 10.7. The van der Waals surface area contributed by atoms with Gasteiger partial charge in [-0.05, 0) is 68.6 Å². The molecule has 11 nitrogen and oxygen atoms in total. The number of aromatic nitrogens is 1. The smallest absolute Gasteiger partial charge is 0.243 e. The Hall–Kier alpha value is -3.51. The SMILES string of the molecule is CCCCNC(=O)[C@H](C)C[C@H](O)[C@H](CC1CCCCC1)NC(=O)[C@H](Cc1cscn1)NC(=O)[C@@H](CC(=O)N1CCCCC1)Cc1ccc(OC)cc1. The van der Waals surface area contributed by atoms with E-state index in [1.165, 1.54) is 17.8 Å². The average Bonchev–Trinajstić information content (AvgIpc) is 3.68. The third-order valence-corrected chi connectivity index (χ3v) is 11.3. The first-order valence-electron chi connectivity index (χ1n) is 19.5. The Morgan fingerprint density at radius 1 is 0.962 bits per heavy atom. The first-order valence-corrected chi connectivity index (χ1v) is 20.4. The van der Waals surface area contributed by atoms with Crippen molar-refractivity contribution in [3.8, 4) is 5.75 Å². The average molecular weight is 740 g/mol. The fourth-order valence-electron chi connectivity index (χ4n) is 7.41. The lowest BCUT2D eigenvalue weighted by Crippen LogP contribution is -2.55. The van der Waals surface area contributed by atoms with Gasteiger partial charge in [0.2, 0.25) is 23.6 Å². The molecule has 4 amide bonds. The number of benzene rings is 1. The molecule has 288 valence electrons. The number of methoxy groups -OCH3 is 1. The number of carbonyl (C=O) groups excluding carboxylic acids is 4. The lowest BCUT2D eigenvalue weighted by atomic mass is 9.82. The summed E-state index contributed by atoms with van der Waals surface area (Å²) in [6, 6.07) is 5.89. The van der Waals surface area contributed by atoms with E-state index in [-0.39, 0.29) is 37.0 Å². The van der Waals surface area contributed by atoms with Crippen LogP contribution >= 0.6 is 11.3 Å². The minimum Gasteiger partial charge on any atom is -0.497 e. The minimum absolute atomic E-state index is 0.0319. The van der Waals surface area contributed by atoms with Gasteiger partial charge >= 0.3 is 0 Å². The molecule has 4 rings (SSSR count). The van der Waals surface area contributed by atoms with Crippen LogP contribution in [0.2, 0.25) is 0 Å². The molecule has 5 atom stereocenters. The van der Waals surface area contributed by atoms with E-state index >= 15 is 0 Å². The normalized spacial score (nSPS) is 18.0. The van der Waals surface area contributed by atoms with Gasteiger partial charge in [0.15, 0.2) is 0 Å². The fraction of sp³-hybridized carbons (Fsp3) is 0.675. The highest BCUT2D eigenvalue weighted by atomic mass is 32.1. The Balaban J connectivity index is 1.53. The number of likely N-dealkylation sites (tertiary alicyclic amines) is 1. The Bertz CT molecular complexity index is 1380. The maximum absolute atomic E-state index is 14.2. The van der Waals surface area contributed by atoms with Gasteiger partial charge in [-0.25, -0.2) is 4.98 Å². The second-order valence-electron chi connectivity index (χ2n) is 14.8.